The number of rotatable bonds is 6. The minimum atomic E-state index is -0.499. The van der Waals surface area contributed by atoms with Gasteiger partial charge in [-0.2, -0.15) is 0 Å². The molecule has 0 bridgehead atoms. The molecule has 0 aliphatic rings. The molecule has 0 aromatic carbocycles. The third kappa shape index (κ3) is 4.41. The first kappa shape index (κ1) is 14.7. The summed E-state index contributed by atoms with van der Waals surface area (Å²) < 4.78 is 14.1. The lowest BCUT2D eigenvalue weighted by Gasteiger charge is -2.20. The molecule has 0 aliphatic carbocycles. The minimum Gasteiger partial charge on any atom is -0.481 e. The van der Waals surface area contributed by atoms with Crippen molar-refractivity contribution in [3.63, 3.8) is 0 Å². The molecule has 0 atom stereocenters. The van der Waals surface area contributed by atoms with Crippen LogP contribution in [0, 0.1) is 0 Å². The lowest BCUT2D eigenvalue weighted by molar-refractivity contribution is -0.140. The molecular weight excluding hydrogens is 254 g/mol. The summed E-state index contributed by atoms with van der Waals surface area (Å²) in [6.45, 7) is -0.266. The van der Waals surface area contributed by atoms with Crippen molar-refractivity contribution in [3.05, 3.63) is 12.4 Å². The molecule has 0 radical (unpaired) electrons. The molecule has 104 valence electrons. The van der Waals surface area contributed by atoms with Crippen LogP contribution >= 0.6 is 0 Å². The third-order valence-corrected chi connectivity index (χ3v) is 2.26. The summed E-state index contributed by atoms with van der Waals surface area (Å²) in [5.41, 5.74) is 0. The van der Waals surface area contributed by atoms with E-state index in [0.717, 1.165) is 0 Å². The maximum atomic E-state index is 11.3. The number of ether oxygens (including phenoxy) is 3. The molecule has 0 unspecified atom stereocenters. The van der Waals surface area contributed by atoms with Crippen LogP contribution < -0.4 is 9.64 Å². The Morgan fingerprint density at radius 2 is 1.68 bits per heavy atom. The van der Waals surface area contributed by atoms with Crippen LogP contribution in [0.25, 0.3) is 0 Å². The van der Waals surface area contributed by atoms with Crippen molar-refractivity contribution < 1.29 is 23.8 Å². The highest BCUT2D eigenvalue weighted by molar-refractivity contribution is 5.80. The molecule has 19 heavy (non-hydrogen) atoms. The summed E-state index contributed by atoms with van der Waals surface area (Å²) in [5.74, 6) is -0.310. The fourth-order valence-corrected chi connectivity index (χ4v) is 1.27. The highest BCUT2D eigenvalue weighted by atomic mass is 16.5. The van der Waals surface area contributed by atoms with Crippen molar-refractivity contribution in [2.45, 2.75) is 0 Å². The molecule has 1 aromatic rings. The highest BCUT2D eigenvalue weighted by Gasteiger charge is 2.17. The Labute approximate surface area is 110 Å². The van der Waals surface area contributed by atoms with Crippen LogP contribution in [0.2, 0.25) is 0 Å². The Hall–Kier alpha value is -2.38. The molecule has 0 fully saturated rings. The standard InChI is InChI=1S/C11H15N3O5/c1-17-9-4-8(12-7-13-9)14(5-10(15)18-2)6-11(16)19-3/h4,7H,5-6H2,1-3H3. The largest absolute Gasteiger partial charge is 0.481 e. The Morgan fingerprint density at radius 3 is 2.16 bits per heavy atom. The van der Waals surface area contributed by atoms with Crippen LogP contribution in [0.1, 0.15) is 0 Å². The second-order valence-corrected chi connectivity index (χ2v) is 3.43. The molecule has 8 heteroatoms. The van der Waals surface area contributed by atoms with Gasteiger partial charge in [-0.1, -0.05) is 0 Å². The molecule has 0 saturated carbocycles. The van der Waals surface area contributed by atoms with Gasteiger partial charge in [-0.25, -0.2) is 9.97 Å². The fourth-order valence-electron chi connectivity index (χ4n) is 1.27. The summed E-state index contributed by atoms with van der Waals surface area (Å²) in [5, 5.41) is 0. The summed E-state index contributed by atoms with van der Waals surface area (Å²) in [7, 11) is 3.98. The summed E-state index contributed by atoms with van der Waals surface area (Å²) in [6.07, 6.45) is 1.27. The zero-order valence-corrected chi connectivity index (χ0v) is 11.0. The van der Waals surface area contributed by atoms with E-state index in [-0.39, 0.29) is 13.1 Å². The summed E-state index contributed by atoms with van der Waals surface area (Å²) in [4.78, 5) is 31.9. The van der Waals surface area contributed by atoms with Crippen LogP contribution in [-0.4, -0.2) is 56.3 Å². The van der Waals surface area contributed by atoms with Gasteiger partial charge in [0.05, 0.1) is 21.3 Å². The number of esters is 2. The SMILES string of the molecule is COC(=O)CN(CC(=O)OC)c1cc(OC)ncn1. The summed E-state index contributed by atoms with van der Waals surface area (Å²) >= 11 is 0. The molecule has 1 aromatic heterocycles. The van der Waals surface area contributed by atoms with Crippen LogP contribution in [0.3, 0.4) is 0 Å². The van der Waals surface area contributed by atoms with E-state index in [2.05, 4.69) is 19.4 Å². The third-order valence-electron chi connectivity index (χ3n) is 2.26. The van der Waals surface area contributed by atoms with Gasteiger partial charge in [0.1, 0.15) is 25.2 Å². The number of nitrogens with zero attached hydrogens (tertiary/aromatic N) is 3. The van der Waals surface area contributed by atoms with Gasteiger partial charge in [-0.3, -0.25) is 9.59 Å². The van der Waals surface area contributed by atoms with E-state index in [1.807, 2.05) is 0 Å². The molecule has 0 aliphatic heterocycles. The van der Waals surface area contributed by atoms with Crippen molar-refractivity contribution >= 4 is 17.8 Å². The minimum absolute atomic E-state index is 0.133. The van der Waals surface area contributed by atoms with Crippen molar-refractivity contribution in [2.24, 2.45) is 0 Å². The zero-order valence-electron chi connectivity index (χ0n) is 11.0. The zero-order chi connectivity index (χ0) is 14.3. The van der Waals surface area contributed by atoms with Gasteiger partial charge in [-0.05, 0) is 0 Å². The maximum Gasteiger partial charge on any atom is 0.325 e. The Morgan fingerprint density at radius 1 is 1.11 bits per heavy atom. The van der Waals surface area contributed by atoms with Crippen LogP contribution in [-0.2, 0) is 19.1 Å². The number of aromatic nitrogens is 2. The van der Waals surface area contributed by atoms with E-state index >= 15 is 0 Å². The predicted molar refractivity (Wildman–Crippen MR) is 64.8 cm³/mol. The predicted octanol–water partition coefficient (Wildman–Crippen LogP) is -0.362. The molecule has 0 spiro atoms. The maximum absolute atomic E-state index is 11.3. The average Bonchev–Trinajstić information content (AvgIpc) is 2.46. The lowest BCUT2D eigenvalue weighted by atomic mass is 10.4. The van der Waals surface area contributed by atoms with E-state index in [4.69, 9.17) is 4.74 Å². The molecular formula is C11H15N3O5. The number of hydrogen-bond donors (Lipinski definition) is 0. The molecule has 0 N–H and O–H groups in total. The molecule has 1 rings (SSSR count). The van der Waals surface area contributed by atoms with Gasteiger partial charge < -0.3 is 19.1 Å². The number of carbonyl (C=O) groups excluding carboxylic acids is 2. The van der Waals surface area contributed by atoms with Crippen molar-refractivity contribution in [1.29, 1.82) is 0 Å². The fraction of sp³-hybridized carbons (Fsp3) is 0.455. The molecule has 8 nitrogen and oxygen atoms in total. The monoisotopic (exact) mass is 269 g/mol. The number of methoxy groups -OCH3 is 3. The van der Waals surface area contributed by atoms with E-state index in [9.17, 15) is 9.59 Å². The average molecular weight is 269 g/mol. The molecule has 0 amide bonds. The summed E-state index contributed by atoms with van der Waals surface area (Å²) in [6, 6.07) is 1.51. The van der Waals surface area contributed by atoms with Crippen molar-refractivity contribution in [2.75, 3.05) is 39.3 Å². The first-order valence-electron chi connectivity index (χ1n) is 5.35. The van der Waals surface area contributed by atoms with Crippen LogP contribution in [0.4, 0.5) is 5.82 Å². The van der Waals surface area contributed by atoms with Gasteiger partial charge >= 0.3 is 11.9 Å². The Balaban J connectivity index is 2.92. The normalized spacial score (nSPS) is 9.63. The number of hydrogen-bond acceptors (Lipinski definition) is 8. The Kier molecular flexibility index (Phi) is 5.52. The lowest BCUT2D eigenvalue weighted by Crippen LogP contribution is -2.36. The van der Waals surface area contributed by atoms with Crippen LogP contribution in [0.15, 0.2) is 12.4 Å². The smallest absolute Gasteiger partial charge is 0.325 e. The first-order valence-corrected chi connectivity index (χ1v) is 5.35. The van der Waals surface area contributed by atoms with E-state index < -0.39 is 11.9 Å². The second-order valence-electron chi connectivity index (χ2n) is 3.43. The Bertz CT molecular complexity index is 434. The van der Waals surface area contributed by atoms with E-state index in [1.54, 1.807) is 0 Å². The molecule has 0 saturated heterocycles. The number of carbonyl (C=O) groups is 2. The topological polar surface area (TPSA) is 90.9 Å². The first-order chi connectivity index (χ1) is 9.10. The van der Waals surface area contributed by atoms with Crippen molar-refractivity contribution in [1.82, 2.24) is 9.97 Å². The van der Waals surface area contributed by atoms with Gasteiger partial charge in [0.25, 0.3) is 0 Å². The van der Waals surface area contributed by atoms with Gasteiger partial charge in [-0.15, -0.1) is 0 Å². The van der Waals surface area contributed by atoms with Gasteiger partial charge in [0, 0.05) is 6.07 Å². The van der Waals surface area contributed by atoms with Crippen molar-refractivity contribution in [3.8, 4) is 5.88 Å². The highest BCUT2D eigenvalue weighted by Crippen LogP contribution is 2.15. The van der Waals surface area contributed by atoms with E-state index in [1.165, 1.54) is 38.6 Å². The quantitative estimate of drug-likeness (QED) is 0.646. The van der Waals surface area contributed by atoms with Gasteiger partial charge in [0.2, 0.25) is 5.88 Å². The second kappa shape index (κ2) is 7.14. The van der Waals surface area contributed by atoms with E-state index in [0.29, 0.717) is 11.7 Å². The molecule has 1 heterocycles. The van der Waals surface area contributed by atoms with Crippen LogP contribution in [0.5, 0.6) is 5.88 Å². The number of anilines is 1. The van der Waals surface area contributed by atoms with Gasteiger partial charge in [0.15, 0.2) is 0 Å².